The van der Waals surface area contributed by atoms with Crippen molar-refractivity contribution in [2.24, 2.45) is 0 Å². The van der Waals surface area contributed by atoms with Crippen LogP contribution in [-0.4, -0.2) is 28.4 Å². The monoisotopic (exact) mass is 257 g/mol. The number of hydrogen-bond acceptors (Lipinski definition) is 3. The number of rotatable bonds is 5. The standard InChI is InChI=1S/C10H16BrN3/c1-3-7-14(8-5-11)10-12-6-4-9(2)13-10/h4,6H,3,5,7-8H2,1-2H3. The Balaban J connectivity index is 2.75. The summed E-state index contributed by atoms with van der Waals surface area (Å²) in [5, 5.41) is 0.949. The van der Waals surface area contributed by atoms with Gasteiger partial charge in [0.05, 0.1) is 0 Å². The second-order valence-corrected chi connectivity index (χ2v) is 3.97. The van der Waals surface area contributed by atoms with Gasteiger partial charge in [0, 0.05) is 30.3 Å². The number of alkyl halides is 1. The van der Waals surface area contributed by atoms with Crippen LogP contribution < -0.4 is 4.90 Å². The fraction of sp³-hybridized carbons (Fsp3) is 0.600. The van der Waals surface area contributed by atoms with Gasteiger partial charge < -0.3 is 4.90 Å². The minimum Gasteiger partial charge on any atom is -0.340 e. The molecule has 0 unspecified atom stereocenters. The number of aryl methyl sites for hydroxylation is 1. The molecule has 0 atom stereocenters. The first-order valence-corrected chi connectivity index (χ1v) is 6.00. The Morgan fingerprint density at radius 2 is 2.21 bits per heavy atom. The van der Waals surface area contributed by atoms with Crippen molar-refractivity contribution in [3.8, 4) is 0 Å². The lowest BCUT2D eigenvalue weighted by molar-refractivity contribution is 0.764. The molecule has 1 rings (SSSR count). The second kappa shape index (κ2) is 5.96. The zero-order chi connectivity index (χ0) is 10.4. The number of nitrogens with zero attached hydrogens (tertiary/aromatic N) is 3. The van der Waals surface area contributed by atoms with E-state index in [9.17, 15) is 0 Å². The maximum absolute atomic E-state index is 4.40. The quantitative estimate of drug-likeness (QED) is 0.759. The second-order valence-electron chi connectivity index (χ2n) is 3.17. The Morgan fingerprint density at radius 3 is 2.79 bits per heavy atom. The number of anilines is 1. The van der Waals surface area contributed by atoms with E-state index in [1.54, 1.807) is 0 Å². The number of aromatic nitrogens is 2. The third kappa shape index (κ3) is 3.25. The van der Waals surface area contributed by atoms with Crippen LogP contribution in [0.1, 0.15) is 19.0 Å². The average Bonchev–Trinajstić information content (AvgIpc) is 2.17. The van der Waals surface area contributed by atoms with E-state index in [-0.39, 0.29) is 0 Å². The van der Waals surface area contributed by atoms with E-state index in [2.05, 4.69) is 37.7 Å². The smallest absolute Gasteiger partial charge is 0.225 e. The lowest BCUT2D eigenvalue weighted by atomic mass is 10.4. The van der Waals surface area contributed by atoms with Crippen LogP contribution in [0.2, 0.25) is 0 Å². The first kappa shape index (κ1) is 11.4. The molecule has 1 heterocycles. The Morgan fingerprint density at radius 1 is 1.43 bits per heavy atom. The first-order chi connectivity index (χ1) is 6.77. The van der Waals surface area contributed by atoms with Gasteiger partial charge in [0.15, 0.2) is 0 Å². The Bertz CT molecular complexity index is 272. The maximum Gasteiger partial charge on any atom is 0.225 e. The third-order valence-electron chi connectivity index (χ3n) is 1.91. The van der Waals surface area contributed by atoms with Crippen molar-refractivity contribution in [2.75, 3.05) is 23.3 Å². The SMILES string of the molecule is CCCN(CCBr)c1nccc(C)n1. The van der Waals surface area contributed by atoms with Crippen molar-refractivity contribution in [1.82, 2.24) is 9.97 Å². The van der Waals surface area contributed by atoms with Crippen LogP contribution >= 0.6 is 15.9 Å². The number of halogens is 1. The topological polar surface area (TPSA) is 29.0 Å². The molecule has 0 bridgehead atoms. The van der Waals surface area contributed by atoms with E-state index in [4.69, 9.17) is 0 Å². The zero-order valence-electron chi connectivity index (χ0n) is 8.70. The molecule has 1 aromatic heterocycles. The molecule has 1 aromatic rings. The summed E-state index contributed by atoms with van der Waals surface area (Å²) < 4.78 is 0. The Labute approximate surface area is 93.7 Å². The number of hydrogen-bond donors (Lipinski definition) is 0. The third-order valence-corrected chi connectivity index (χ3v) is 2.27. The lowest BCUT2D eigenvalue weighted by Gasteiger charge is -2.20. The van der Waals surface area contributed by atoms with Crippen LogP contribution in [0.4, 0.5) is 5.95 Å². The van der Waals surface area contributed by atoms with Gasteiger partial charge in [-0.3, -0.25) is 0 Å². The molecule has 0 saturated carbocycles. The molecule has 0 fully saturated rings. The molecule has 0 aliphatic rings. The summed E-state index contributed by atoms with van der Waals surface area (Å²) in [4.78, 5) is 10.9. The van der Waals surface area contributed by atoms with Crippen LogP contribution in [0.5, 0.6) is 0 Å². The van der Waals surface area contributed by atoms with Crippen LogP contribution in [0.25, 0.3) is 0 Å². The van der Waals surface area contributed by atoms with Gasteiger partial charge in [0.25, 0.3) is 0 Å². The summed E-state index contributed by atoms with van der Waals surface area (Å²) in [5.41, 5.74) is 1.02. The molecule has 0 aromatic carbocycles. The largest absolute Gasteiger partial charge is 0.340 e. The summed E-state index contributed by atoms with van der Waals surface area (Å²) in [7, 11) is 0. The molecular weight excluding hydrogens is 242 g/mol. The van der Waals surface area contributed by atoms with Gasteiger partial charge in [0.2, 0.25) is 5.95 Å². The van der Waals surface area contributed by atoms with Gasteiger partial charge in [-0.1, -0.05) is 22.9 Å². The molecule has 0 saturated heterocycles. The predicted octanol–water partition coefficient (Wildman–Crippen LogP) is 2.40. The van der Waals surface area contributed by atoms with Gasteiger partial charge in [-0.05, 0) is 19.4 Å². The summed E-state index contributed by atoms with van der Waals surface area (Å²) in [5.74, 6) is 0.839. The van der Waals surface area contributed by atoms with Crippen LogP contribution in [0, 0.1) is 6.92 Å². The highest BCUT2D eigenvalue weighted by atomic mass is 79.9. The highest BCUT2D eigenvalue weighted by Crippen LogP contribution is 2.08. The normalized spacial score (nSPS) is 10.2. The van der Waals surface area contributed by atoms with Crippen molar-refractivity contribution < 1.29 is 0 Å². The van der Waals surface area contributed by atoms with Crippen molar-refractivity contribution in [2.45, 2.75) is 20.3 Å². The van der Waals surface area contributed by atoms with Gasteiger partial charge in [-0.2, -0.15) is 0 Å². The molecule has 0 radical (unpaired) electrons. The molecule has 78 valence electrons. The molecule has 14 heavy (non-hydrogen) atoms. The van der Waals surface area contributed by atoms with E-state index < -0.39 is 0 Å². The molecule has 0 spiro atoms. The summed E-state index contributed by atoms with van der Waals surface area (Å²) >= 11 is 3.44. The minimum absolute atomic E-state index is 0.839. The Hall–Kier alpha value is -0.640. The Kier molecular flexibility index (Phi) is 4.87. The van der Waals surface area contributed by atoms with Crippen LogP contribution in [0.15, 0.2) is 12.3 Å². The fourth-order valence-electron chi connectivity index (χ4n) is 1.27. The van der Waals surface area contributed by atoms with Crippen LogP contribution in [0.3, 0.4) is 0 Å². The molecule has 3 nitrogen and oxygen atoms in total. The van der Waals surface area contributed by atoms with E-state index in [1.807, 2.05) is 19.2 Å². The highest BCUT2D eigenvalue weighted by Gasteiger charge is 2.06. The minimum atomic E-state index is 0.839. The van der Waals surface area contributed by atoms with Gasteiger partial charge in [0.1, 0.15) is 0 Å². The van der Waals surface area contributed by atoms with E-state index in [1.165, 1.54) is 0 Å². The van der Waals surface area contributed by atoms with Crippen molar-refractivity contribution in [1.29, 1.82) is 0 Å². The van der Waals surface area contributed by atoms with E-state index >= 15 is 0 Å². The molecule has 0 aliphatic carbocycles. The fourth-order valence-corrected chi connectivity index (χ4v) is 1.70. The average molecular weight is 258 g/mol. The highest BCUT2D eigenvalue weighted by molar-refractivity contribution is 9.09. The van der Waals surface area contributed by atoms with Crippen molar-refractivity contribution in [3.05, 3.63) is 18.0 Å². The maximum atomic E-state index is 4.40. The molecule has 0 N–H and O–H groups in total. The van der Waals surface area contributed by atoms with Crippen molar-refractivity contribution >= 4 is 21.9 Å². The van der Waals surface area contributed by atoms with Crippen LogP contribution in [-0.2, 0) is 0 Å². The van der Waals surface area contributed by atoms with Crippen molar-refractivity contribution in [3.63, 3.8) is 0 Å². The van der Waals surface area contributed by atoms with Gasteiger partial charge in [-0.15, -0.1) is 0 Å². The summed E-state index contributed by atoms with van der Waals surface area (Å²) in [6.07, 6.45) is 2.93. The molecule has 0 amide bonds. The predicted molar refractivity (Wildman–Crippen MR) is 63.1 cm³/mol. The van der Waals surface area contributed by atoms with E-state index in [0.717, 1.165) is 36.5 Å². The molecular formula is C10H16BrN3. The molecule has 4 heteroatoms. The lowest BCUT2D eigenvalue weighted by Crippen LogP contribution is -2.28. The summed E-state index contributed by atoms with van der Waals surface area (Å²) in [6, 6.07) is 1.92. The zero-order valence-corrected chi connectivity index (χ0v) is 10.3. The molecule has 0 aliphatic heterocycles. The first-order valence-electron chi connectivity index (χ1n) is 4.88. The van der Waals surface area contributed by atoms with Gasteiger partial charge >= 0.3 is 0 Å². The summed E-state index contributed by atoms with van der Waals surface area (Å²) in [6.45, 7) is 6.12. The van der Waals surface area contributed by atoms with E-state index in [0.29, 0.717) is 0 Å². The van der Waals surface area contributed by atoms with Gasteiger partial charge in [-0.25, -0.2) is 9.97 Å².